The minimum Gasteiger partial charge on any atom is -0.364 e. The van der Waals surface area contributed by atoms with Crippen LogP contribution >= 0.6 is 0 Å². The second-order valence-electron chi connectivity index (χ2n) is 7.90. The number of carbonyl (C=O) groups is 1. The lowest BCUT2D eigenvalue weighted by Crippen LogP contribution is -2.55. The van der Waals surface area contributed by atoms with Gasteiger partial charge in [0.2, 0.25) is 5.91 Å². The molecule has 1 unspecified atom stereocenters. The van der Waals surface area contributed by atoms with Crippen molar-refractivity contribution in [2.75, 3.05) is 56.1 Å². The fourth-order valence-electron chi connectivity index (χ4n) is 4.21. The highest BCUT2D eigenvalue weighted by atomic mass is 16.2. The Hall–Kier alpha value is -2.37. The van der Waals surface area contributed by atoms with Gasteiger partial charge in [0.25, 0.3) is 0 Å². The van der Waals surface area contributed by atoms with Crippen LogP contribution in [0, 0.1) is 0 Å². The molecular formula is C23H30N4O. The Morgan fingerprint density at radius 2 is 1.50 bits per heavy atom. The monoisotopic (exact) mass is 378 g/mol. The van der Waals surface area contributed by atoms with Crippen LogP contribution in [0.3, 0.4) is 0 Å². The zero-order valence-corrected chi connectivity index (χ0v) is 16.9. The van der Waals surface area contributed by atoms with Gasteiger partial charge in [-0.2, -0.15) is 0 Å². The van der Waals surface area contributed by atoms with Gasteiger partial charge >= 0.3 is 0 Å². The number of anilines is 2. The van der Waals surface area contributed by atoms with Crippen LogP contribution in [0.15, 0.2) is 54.6 Å². The number of piperazine rings is 1. The number of benzene rings is 2. The third-order valence-electron chi connectivity index (χ3n) is 6.03. The van der Waals surface area contributed by atoms with Crippen LogP contribution in [0.4, 0.5) is 11.4 Å². The molecule has 2 aliphatic heterocycles. The number of hydrogen-bond acceptors (Lipinski definition) is 4. The van der Waals surface area contributed by atoms with Crippen LogP contribution in [0.1, 0.15) is 12.5 Å². The van der Waals surface area contributed by atoms with E-state index in [2.05, 4.69) is 71.1 Å². The van der Waals surface area contributed by atoms with Gasteiger partial charge in [0.1, 0.15) is 0 Å². The van der Waals surface area contributed by atoms with Crippen molar-refractivity contribution in [2.24, 2.45) is 0 Å². The van der Waals surface area contributed by atoms with E-state index in [1.807, 2.05) is 17.0 Å². The van der Waals surface area contributed by atoms with Crippen LogP contribution in [0.5, 0.6) is 0 Å². The van der Waals surface area contributed by atoms with E-state index in [0.29, 0.717) is 0 Å². The molecular weight excluding hydrogens is 348 g/mol. The van der Waals surface area contributed by atoms with E-state index >= 15 is 0 Å². The third-order valence-corrected chi connectivity index (χ3v) is 6.03. The molecule has 0 spiro atoms. The van der Waals surface area contributed by atoms with E-state index in [0.717, 1.165) is 57.2 Å². The summed E-state index contributed by atoms with van der Waals surface area (Å²) in [7, 11) is 2.14. The van der Waals surface area contributed by atoms with Crippen LogP contribution in [-0.4, -0.2) is 68.1 Å². The molecule has 1 saturated heterocycles. The Kier molecular flexibility index (Phi) is 5.64. The Bertz CT molecular complexity index is 801. The molecule has 0 N–H and O–H groups in total. The summed E-state index contributed by atoms with van der Waals surface area (Å²) in [5.74, 6) is 0.219. The predicted octanol–water partition coefficient (Wildman–Crippen LogP) is 2.68. The number of nitrogens with zero attached hydrogens (tertiary/aromatic N) is 4. The summed E-state index contributed by atoms with van der Waals surface area (Å²) < 4.78 is 0. The first kappa shape index (κ1) is 19.0. The van der Waals surface area contributed by atoms with Crippen molar-refractivity contribution >= 4 is 17.3 Å². The number of rotatable bonds is 4. The molecule has 4 rings (SSSR count). The van der Waals surface area contributed by atoms with E-state index < -0.39 is 0 Å². The fourth-order valence-corrected chi connectivity index (χ4v) is 4.21. The molecule has 2 aliphatic rings. The van der Waals surface area contributed by atoms with Crippen molar-refractivity contribution < 1.29 is 4.79 Å². The van der Waals surface area contributed by atoms with Crippen LogP contribution < -0.4 is 9.80 Å². The molecule has 5 nitrogen and oxygen atoms in total. The van der Waals surface area contributed by atoms with Crippen molar-refractivity contribution in [3.8, 4) is 0 Å². The number of likely N-dealkylation sites (N-methyl/N-ethyl adjacent to an activating group) is 1. The van der Waals surface area contributed by atoms with Crippen molar-refractivity contribution in [1.82, 2.24) is 9.80 Å². The SMILES string of the molecule is CC(C(=O)N1CCN(Cc2ccccc2)c2ccccc21)N1CCN(C)CC1. The van der Waals surface area contributed by atoms with E-state index in [-0.39, 0.29) is 11.9 Å². The first-order valence-electron chi connectivity index (χ1n) is 10.3. The standard InChI is InChI=1S/C23H30N4O/c1-19(25-14-12-24(2)13-15-25)23(28)27-17-16-26(18-20-8-4-3-5-9-20)21-10-6-7-11-22(21)27/h3-11,19H,12-18H2,1-2H3. The Labute approximate surface area is 168 Å². The number of hydrogen-bond donors (Lipinski definition) is 0. The van der Waals surface area contributed by atoms with Crippen molar-refractivity contribution in [3.05, 3.63) is 60.2 Å². The van der Waals surface area contributed by atoms with Crippen LogP contribution in [0.25, 0.3) is 0 Å². The van der Waals surface area contributed by atoms with Gasteiger partial charge in [-0.05, 0) is 31.7 Å². The Morgan fingerprint density at radius 1 is 0.857 bits per heavy atom. The summed E-state index contributed by atoms with van der Waals surface area (Å²) in [6, 6.07) is 18.8. The Morgan fingerprint density at radius 3 is 2.21 bits per heavy atom. The summed E-state index contributed by atoms with van der Waals surface area (Å²) in [6.45, 7) is 8.49. The lowest BCUT2D eigenvalue weighted by atomic mass is 10.1. The number of carbonyl (C=O) groups excluding carboxylic acids is 1. The topological polar surface area (TPSA) is 30.0 Å². The zero-order chi connectivity index (χ0) is 19.5. The second-order valence-corrected chi connectivity index (χ2v) is 7.90. The zero-order valence-electron chi connectivity index (χ0n) is 16.9. The van der Waals surface area contributed by atoms with Crippen molar-refractivity contribution in [2.45, 2.75) is 19.5 Å². The molecule has 1 fully saturated rings. The molecule has 0 aromatic heterocycles. The maximum atomic E-state index is 13.4. The molecule has 0 saturated carbocycles. The summed E-state index contributed by atoms with van der Waals surface area (Å²) in [4.78, 5) is 22.4. The van der Waals surface area contributed by atoms with Gasteiger partial charge in [-0.25, -0.2) is 0 Å². The van der Waals surface area contributed by atoms with Gasteiger partial charge in [0.05, 0.1) is 17.4 Å². The minimum absolute atomic E-state index is 0.0811. The highest BCUT2D eigenvalue weighted by molar-refractivity contribution is 6.00. The van der Waals surface area contributed by atoms with Gasteiger partial charge in [0.15, 0.2) is 0 Å². The molecule has 0 radical (unpaired) electrons. The van der Waals surface area contributed by atoms with Gasteiger partial charge < -0.3 is 14.7 Å². The average molecular weight is 379 g/mol. The maximum absolute atomic E-state index is 13.4. The first-order valence-corrected chi connectivity index (χ1v) is 10.3. The summed E-state index contributed by atoms with van der Waals surface area (Å²) >= 11 is 0. The lowest BCUT2D eigenvalue weighted by molar-refractivity contribution is -0.123. The molecule has 28 heavy (non-hydrogen) atoms. The quantitative estimate of drug-likeness (QED) is 0.818. The van der Waals surface area contributed by atoms with Gasteiger partial charge in [-0.1, -0.05) is 42.5 Å². The molecule has 0 aliphatic carbocycles. The number of fused-ring (bicyclic) bond motifs is 1. The molecule has 2 aromatic carbocycles. The first-order chi connectivity index (χ1) is 13.6. The number of amides is 1. The van der Waals surface area contributed by atoms with Crippen molar-refractivity contribution in [3.63, 3.8) is 0 Å². The van der Waals surface area contributed by atoms with Gasteiger partial charge in [-0.3, -0.25) is 9.69 Å². The highest BCUT2D eigenvalue weighted by Gasteiger charge is 2.32. The van der Waals surface area contributed by atoms with Gasteiger partial charge in [-0.15, -0.1) is 0 Å². The van der Waals surface area contributed by atoms with E-state index in [4.69, 9.17) is 0 Å². The largest absolute Gasteiger partial charge is 0.364 e. The van der Waals surface area contributed by atoms with Crippen LogP contribution in [0.2, 0.25) is 0 Å². The maximum Gasteiger partial charge on any atom is 0.244 e. The summed E-state index contributed by atoms with van der Waals surface area (Å²) in [5, 5.41) is 0. The molecule has 2 aromatic rings. The molecule has 2 heterocycles. The average Bonchev–Trinajstić information content (AvgIpc) is 2.74. The molecule has 1 atom stereocenters. The lowest BCUT2D eigenvalue weighted by Gasteiger charge is -2.41. The fraction of sp³-hybridized carbons (Fsp3) is 0.435. The van der Waals surface area contributed by atoms with Crippen molar-refractivity contribution in [1.29, 1.82) is 0 Å². The summed E-state index contributed by atoms with van der Waals surface area (Å²) in [6.07, 6.45) is 0. The van der Waals surface area contributed by atoms with Crippen LogP contribution in [-0.2, 0) is 11.3 Å². The van der Waals surface area contributed by atoms with E-state index in [1.165, 1.54) is 5.56 Å². The third kappa shape index (κ3) is 3.91. The van der Waals surface area contributed by atoms with E-state index in [1.54, 1.807) is 0 Å². The predicted molar refractivity (Wildman–Crippen MR) is 115 cm³/mol. The second kappa shape index (κ2) is 8.33. The number of para-hydroxylation sites is 2. The molecule has 0 bridgehead atoms. The minimum atomic E-state index is -0.0811. The molecule has 148 valence electrons. The smallest absolute Gasteiger partial charge is 0.244 e. The normalized spacial score (nSPS) is 19.4. The Balaban J connectivity index is 1.52. The van der Waals surface area contributed by atoms with Gasteiger partial charge in [0, 0.05) is 45.8 Å². The molecule has 5 heteroatoms. The summed E-state index contributed by atoms with van der Waals surface area (Å²) in [5.41, 5.74) is 3.48. The highest BCUT2D eigenvalue weighted by Crippen LogP contribution is 2.34. The van der Waals surface area contributed by atoms with E-state index in [9.17, 15) is 4.79 Å². The molecule has 1 amide bonds.